The normalized spacial score (nSPS) is 11.9. The molecule has 0 aromatic carbocycles. The number of pyridine rings is 1. The number of hydrogen-bond acceptors (Lipinski definition) is 3. The van der Waals surface area contributed by atoms with Gasteiger partial charge in [0, 0.05) is 18.9 Å². The molecule has 1 unspecified atom stereocenters. The molecule has 2 amide bonds. The summed E-state index contributed by atoms with van der Waals surface area (Å²) in [6, 6.07) is 3.42. The fraction of sp³-hybridized carbons (Fsp3) is 0.500. The van der Waals surface area contributed by atoms with Crippen molar-refractivity contribution in [2.75, 3.05) is 13.2 Å². The molecule has 94 valence electrons. The van der Waals surface area contributed by atoms with E-state index in [1.54, 1.807) is 12.4 Å². The number of aliphatic hydroxyl groups excluding tert-OH is 1. The lowest BCUT2D eigenvalue weighted by molar-refractivity contribution is 0.214. The van der Waals surface area contributed by atoms with E-state index in [-0.39, 0.29) is 18.7 Å². The van der Waals surface area contributed by atoms with Crippen molar-refractivity contribution in [3.63, 3.8) is 0 Å². The second-order valence-electron chi connectivity index (χ2n) is 3.80. The van der Waals surface area contributed by atoms with Gasteiger partial charge in [0.2, 0.25) is 0 Å². The lowest BCUT2D eigenvalue weighted by Crippen LogP contribution is -2.44. The maximum absolute atomic E-state index is 11.4. The first-order chi connectivity index (χ1) is 8.26. The van der Waals surface area contributed by atoms with E-state index >= 15 is 0 Å². The van der Waals surface area contributed by atoms with Crippen LogP contribution in [0.25, 0.3) is 0 Å². The molecule has 0 fully saturated rings. The molecule has 5 nitrogen and oxygen atoms in total. The van der Waals surface area contributed by atoms with Gasteiger partial charge in [-0.3, -0.25) is 4.98 Å². The Kier molecular flexibility index (Phi) is 6.03. The second kappa shape index (κ2) is 7.62. The molecule has 1 atom stereocenters. The predicted octanol–water partition coefficient (Wildman–Crippen LogP) is 0.694. The molecule has 0 aliphatic rings. The van der Waals surface area contributed by atoms with Crippen molar-refractivity contribution in [2.45, 2.75) is 25.8 Å². The molecule has 0 bridgehead atoms. The van der Waals surface area contributed by atoms with Crippen molar-refractivity contribution in [3.05, 3.63) is 30.1 Å². The first-order valence-corrected chi connectivity index (χ1v) is 5.80. The van der Waals surface area contributed by atoms with E-state index in [1.165, 1.54) is 0 Å². The van der Waals surface area contributed by atoms with Crippen LogP contribution in [0.15, 0.2) is 24.5 Å². The van der Waals surface area contributed by atoms with Crippen molar-refractivity contribution >= 4 is 6.03 Å². The highest BCUT2D eigenvalue weighted by atomic mass is 16.3. The van der Waals surface area contributed by atoms with Gasteiger partial charge in [0.1, 0.15) is 0 Å². The minimum atomic E-state index is -0.241. The van der Waals surface area contributed by atoms with Crippen LogP contribution >= 0.6 is 0 Å². The van der Waals surface area contributed by atoms with Crippen LogP contribution < -0.4 is 10.6 Å². The topological polar surface area (TPSA) is 74.2 Å². The summed E-state index contributed by atoms with van der Waals surface area (Å²) in [5.41, 5.74) is 1.09. The molecule has 1 heterocycles. The van der Waals surface area contributed by atoms with Gasteiger partial charge in [-0.05, 0) is 24.5 Å². The molecule has 1 aromatic rings. The van der Waals surface area contributed by atoms with E-state index in [4.69, 9.17) is 5.11 Å². The van der Waals surface area contributed by atoms with E-state index < -0.39 is 0 Å². The third-order valence-electron chi connectivity index (χ3n) is 2.47. The van der Waals surface area contributed by atoms with Gasteiger partial charge in [0.25, 0.3) is 0 Å². The Morgan fingerprint density at radius 3 is 3.00 bits per heavy atom. The van der Waals surface area contributed by atoms with Crippen molar-refractivity contribution < 1.29 is 9.90 Å². The minimum absolute atomic E-state index is 0.0352. The van der Waals surface area contributed by atoms with Crippen LogP contribution in [0.3, 0.4) is 0 Å². The Morgan fingerprint density at radius 1 is 1.59 bits per heavy atom. The third-order valence-corrected chi connectivity index (χ3v) is 2.47. The molecule has 0 aliphatic carbocycles. The van der Waals surface area contributed by atoms with Gasteiger partial charge in [-0.15, -0.1) is 0 Å². The number of aliphatic hydroxyl groups is 1. The molecule has 0 radical (unpaired) electrons. The average Bonchev–Trinajstić information content (AvgIpc) is 2.37. The van der Waals surface area contributed by atoms with E-state index in [9.17, 15) is 4.79 Å². The maximum atomic E-state index is 11.4. The molecular formula is C12H19N3O2. The van der Waals surface area contributed by atoms with E-state index in [0.29, 0.717) is 13.0 Å². The number of carbonyl (C=O) groups is 1. The van der Waals surface area contributed by atoms with Crippen molar-refractivity contribution in [2.24, 2.45) is 0 Å². The lowest BCUT2D eigenvalue weighted by Gasteiger charge is -2.14. The first-order valence-electron chi connectivity index (χ1n) is 5.80. The minimum Gasteiger partial charge on any atom is -0.394 e. The Labute approximate surface area is 101 Å². The highest BCUT2D eigenvalue weighted by molar-refractivity contribution is 5.74. The van der Waals surface area contributed by atoms with Gasteiger partial charge in [-0.1, -0.05) is 13.0 Å². The zero-order chi connectivity index (χ0) is 12.5. The molecule has 1 aromatic heterocycles. The van der Waals surface area contributed by atoms with Gasteiger partial charge in [0.15, 0.2) is 0 Å². The standard InChI is InChI=1S/C12H19N3O2/c1-2-11(9-16)15-12(17)14-7-5-10-4-3-6-13-8-10/h3-4,6,8,11,16H,2,5,7,9H2,1H3,(H2,14,15,17). The highest BCUT2D eigenvalue weighted by Gasteiger charge is 2.07. The fourth-order valence-electron chi connectivity index (χ4n) is 1.38. The summed E-state index contributed by atoms with van der Waals surface area (Å²) in [5, 5.41) is 14.4. The molecule has 17 heavy (non-hydrogen) atoms. The van der Waals surface area contributed by atoms with Gasteiger partial charge in [-0.2, -0.15) is 0 Å². The van der Waals surface area contributed by atoms with Crippen LogP contribution in [-0.4, -0.2) is 35.3 Å². The number of nitrogens with zero attached hydrogens (tertiary/aromatic N) is 1. The quantitative estimate of drug-likeness (QED) is 0.681. The number of carbonyl (C=O) groups excluding carboxylic acids is 1. The molecule has 0 saturated carbocycles. The Balaban J connectivity index is 2.20. The third kappa shape index (κ3) is 5.31. The number of nitrogens with one attached hydrogen (secondary N) is 2. The monoisotopic (exact) mass is 237 g/mol. The second-order valence-corrected chi connectivity index (χ2v) is 3.80. The lowest BCUT2D eigenvalue weighted by atomic mass is 10.2. The summed E-state index contributed by atoms with van der Waals surface area (Å²) >= 11 is 0. The van der Waals surface area contributed by atoms with Gasteiger partial charge in [0.05, 0.1) is 12.6 Å². The van der Waals surface area contributed by atoms with Crippen LogP contribution in [0.5, 0.6) is 0 Å². The molecule has 0 spiro atoms. The van der Waals surface area contributed by atoms with Gasteiger partial charge in [-0.25, -0.2) is 4.79 Å². The van der Waals surface area contributed by atoms with Crippen molar-refractivity contribution in [1.82, 2.24) is 15.6 Å². The number of rotatable bonds is 6. The first kappa shape index (κ1) is 13.4. The SMILES string of the molecule is CCC(CO)NC(=O)NCCc1cccnc1. The van der Waals surface area contributed by atoms with Crippen LogP contribution in [0.4, 0.5) is 4.79 Å². The summed E-state index contributed by atoms with van der Waals surface area (Å²) in [6.07, 6.45) is 4.96. The van der Waals surface area contributed by atoms with Crippen LogP contribution in [0, 0.1) is 0 Å². The summed E-state index contributed by atoms with van der Waals surface area (Å²) in [7, 11) is 0. The molecule has 3 N–H and O–H groups in total. The summed E-state index contributed by atoms with van der Waals surface area (Å²) < 4.78 is 0. The largest absolute Gasteiger partial charge is 0.394 e. The van der Waals surface area contributed by atoms with Gasteiger partial charge < -0.3 is 15.7 Å². The van der Waals surface area contributed by atoms with E-state index in [0.717, 1.165) is 12.0 Å². The molecule has 0 saturated heterocycles. The average molecular weight is 237 g/mol. The van der Waals surface area contributed by atoms with Crippen molar-refractivity contribution in [1.29, 1.82) is 0 Å². The molecular weight excluding hydrogens is 218 g/mol. The van der Waals surface area contributed by atoms with Crippen LogP contribution in [0.1, 0.15) is 18.9 Å². The van der Waals surface area contributed by atoms with E-state index in [2.05, 4.69) is 15.6 Å². The van der Waals surface area contributed by atoms with E-state index in [1.807, 2.05) is 19.1 Å². The zero-order valence-corrected chi connectivity index (χ0v) is 10.0. The van der Waals surface area contributed by atoms with Crippen LogP contribution in [0.2, 0.25) is 0 Å². The fourth-order valence-corrected chi connectivity index (χ4v) is 1.38. The number of urea groups is 1. The molecule has 5 heteroatoms. The Morgan fingerprint density at radius 2 is 2.41 bits per heavy atom. The van der Waals surface area contributed by atoms with Crippen LogP contribution in [-0.2, 0) is 6.42 Å². The smallest absolute Gasteiger partial charge is 0.315 e. The number of hydrogen-bond donors (Lipinski definition) is 3. The molecule has 0 aliphatic heterocycles. The Bertz CT molecular complexity index is 326. The summed E-state index contributed by atoms with van der Waals surface area (Å²) in [4.78, 5) is 15.4. The summed E-state index contributed by atoms with van der Waals surface area (Å²) in [5.74, 6) is 0. The predicted molar refractivity (Wildman–Crippen MR) is 65.6 cm³/mol. The molecule has 1 rings (SSSR count). The van der Waals surface area contributed by atoms with Crippen molar-refractivity contribution in [3.8, 4) is 0 Å². The Hall–Kier alpha value is -1.62. The number of amides is 2. The zero-order valence-electron chi connectivity index (χ0n) is 10.0. The summed E-state index contributed by atoms with van der Waals surface area (Å²) in [6.45, 7) is 2.43. The number of aromatic nitrogens is 1. The highest BCUT2D eigenvalue weighted by Crippen LogP contribution is 1.95. The maximum Gasteiger partial charge on any atom is 0.315 e. The van der Waals surface area contributed by atoms with Gasteiger partial charge >= 0.3 is 6.03 Å².